The van der Waals surface area contributed by atoms with Gasteiger partial charge >= 0.3 is 0 Å². The molecule has 0 saturated heterocycles. The second-order valence-electron chi connectivity index (χ2n) is 2.92. The van der Waals surface area contributed by atoms with Gasteiger partial charge in [-0.1, -0.05) is 0 Å². The highest BCUT2D eigenvalue weighted by Crippen LogP contribution is 2.45. The van der Waals surface area contributed by atoms with E-state index in [1.165, 1.54) is 0 Å². The van der Waals surface area contributed by atoms with Crippen molar-refractivity contribution in [1.29, 1.82) is 0 Å². The molecule has 0 aromatic heterocycles. The van der Waals surface area contributed by atoms with Gasteiger partial charge in [-0.15, -0.1) is 0 Å². The lowest BCUT2D eigenvalue weighted by atomic mass is 10.9. The first-order valence-electron chi connectivity index (χ1n) is 4.98. The monoisotopic (exact) mass is 224 g/mol. The minimum Gasteiger partial charge on any atom is -0.374 e. The lowest BCUT2D eigenvalue weighted by molar-refractivity contribution is 0.149. The molecule has 86 valence electrons. The molecule has 0 aliphatic carbocycles. The molecule has 0 saturated carbocycles. The Labute approximate surface area is 86.3 Å². The Morgan fingerprint density at radius 2 is 1.07 bits per heavy atom. The Kier molecular flexibility index (Phi) is 8.49. The topological polar surface area (TPSA) is 44.8 Å². The summed E-state index contributed by atoms with van der Waals surface area (Å²) in [6, 6.07) is 0. The average molecular weight is 224 g/mol. The molecule has 0 aliphatic heterocycles. The maximum atomic E-state index is 12.1. The van der Waals surface area contributed by atoms with Gasteiger partial charge in [0.05, 0.1) is 0 Å². The van der Waals surface area contributed by atoms with Crippen LogP contribution >= 0.6 is 7.14 Å². The number of hydrogen-bond acceptors (Lipinski definition) is 4. The van der Waals surface area contributed by atoms with Crippen LogP contribution in [0.15, 0.2) is 0 Å². The van der Waals surface area contributed by atoms with E-state index < -0.39 is 7.14 Å². The van der Waals surface area contributed by atoms with Crippen molar-refractivity contribution in [3.63, 3.8) is 0 Å². The van der Waals surface area contributed by atoms with E-state index in [0.717, 1.165) is 0 Å². The summed E-state index contributed by atoms with van der Waals surface area (Å²) >= 11 is 0. The molecule has 0 aromatic carbocycles. The molecule has 0 heterocycles. The predicted octanol–water partition coefficient (Wildman–Crippen LogP) is 2.33. The predicted molar refractivity (Wildman–Crippen MR) is 57.1 cm³/mol. The molecule has 4 nitrogen and oxygen atoms in total. The maximum absolute atomic E-state index is 12.1. The van der Waals surface area contributed by atoms with Crippen LogP contribution in [0.1, 0.15) is 20.8 Å². The van der Waals surface area contributed by atoms with Gasteiger partial charge in [-0.2, -0.15) is 0 Å². The highest BCUT2D eigenvalue weighted by molar-refractivity contribution is 7.63. The Hall–Kier alpha value is 0.110. The van der Waals surface area contributed by atoms with Gasteiger partial charge in [0.1, 0.15) is 19.0 Å². The Morgan fingerprint density at radius 1 is 0.786 bits per heavy atom. The summed E-state index contributed by atoms with van der Waals surface area (Å²) in [4.78, 5) is 0. The highest BCUT2D eigenvalue weighted by Gasteiger charge is 2.22. The van der Waals surface area contributed by atoms with E-state index in [2.05, 4.69) is 0 Å². The van der Waals surface area contributed by atoms with E-state index in [9.17, 15) is 4.57 Å². The maximum Gasteiger partial charge on any atom is 0.160 e. The van der Waals surface area contributed by atoms with Gasteiger partial charge in [0.25, 0.3) is 0 Å². The van der Waals surface area contributed by atoms with Crippen LogP contribution in [0.2, 0.25) is 0 Å². The van der Waals surface area contributed by atoms with Crippen LogP contribution < -0.4 is 0 Å². The van der Waals surface area contributed by atoms with E-state index >= 15 is 0 Å². The molecular weight excluding hydrogens is 203 g/mol. The number of ether oxygens (including phenoxy) is 3. The molecule has 0 rings (SSSR count). The number of hydrogen-bond donors (Lipinski definition) is 0. The van der Waals surface area contributed by atoms with E-state index in [-0.39, 0.29) is 19.0 Å². The fraction of sp³-hybridized carbons (Fsp3) is 1.00. The average Bonchev–Trinajstić information content (AvgIpc) is 2.21. The van der Waals surface area contributed by atoms with Crippen LogP contribution in [0.25, 0.3) is 0 Å². The van der Waals surface area contributed by atoms with Crippen LogP contribution in [0, 0.1) is 0 Å². The Bertz CT molecular complexity index is 144. The van der Waals surface area contributed by atoms with Crippen molar-refractivity contribution < 1.29 is 18.8 Å². The molecule has 0 amide bonds. The van der Waals surface area contributed by atoms with Gasteiger partial charge in [0.2, 0.25) is 0 Å². The fourth-order valence-electron chi connectivity index (χ4n) is 0.885. The standard InChI is InChI=1S/C9H21O4P/c1-4-11-7-14(10,8-12-5-2)9-13-6-3/h4-9H2,1-3H3. The number of rotatable bonds is 9. The van der Waals surface area contributed by atoms with E-state index in [1.807, 2.05) is 20.8 Å². The zero-order chi connectivity index (χ0) is 10.9. The fourth-order valence-corrected chi connectivity index (χ4v) is 2.65. The first kappa shape index (κ1) is 14.1. The lowest BCUT2D eigenvalue weighted by Crippen LogP contribution is -2.08. The SMILES string of the molecule is CCOCP(=O)(COCC)COCC. The molecule has 0 N–H and O–H groups in total. The Morgan fingerprint density at radius 3 is 1.29 bits per heavy atom. The largest absolute Gasteiger partial charge is 0.374 e. The summed E-state index contributed by atoms with van der Waals surface area (Å²) in [5.41, 5.74) is 0. The molecule has 0 unspecified atom stereocenters. The van der Waals surface area contributed by atoms with Crippen LogP contribution in [-0.2, 0) is 18.8 Å². The molecule has 0 fully saturated rings. The highest BCUT2D eigenvalue weighted by atomic mass is 31.2. The van der Waals surface area contributed by atoms with Crippen LogP contribution in [0.3, 0.4) is 0 Å². The van der Waals surface area contributed by atoms with Crippen molar-refractivity contribution in [2.75, 3.05) is 38.9 Å². The minimum absolute atomic E-state index is 0.253. The third-order valence-electron chi connectivity index (χ3n) is 1.59. The molecule has 0 aromatic rings. The van der Waals surface area contributed by atoms with Crippen molar-refractivity contribution in [2.24, 2.45) is 0 Å². The zero-order valence-electron chi connectivity index (χ0n) is 9.32. The smallest absolute Gasteiger partial charge is 0.160 e. The third-order valence-corrected chi connectivity index (χ3v) is 3.55. The summed E-state index contributed by atoms with van der Waals surface area (Å²) < 4.78 is 27.6. The van der Waals surface area contributed by atoms with Gasteiger partial charge in [-0.3, -0.25) is 0 Å². The van der Waals surface area contributed by atoms with Crippen molar-refractivity contribution in [3.05, 3.63) is 0 Å². The molecule has 5 heteroatoms. The van der Waals surface area contributed by atoms with E-state index in [1.54, 1.807) is 0 Å². The van der Waals surface area contributed by atoms with Crippen molar-refractivity contribution in [3.8, 4) is 0 Å². The Balaban J connectivity index is 3.97. The van der Waals surface area contributed by atoms with Gasteiger partial charge in [0, 0.05) is 19.8 Å². The van der Waals surface area contributed by atoms with Crippen molar-refractivity contribution >= 4 is 7.14 Å². The molecular formula is C9H21O4P. The molecule has 0 spiro atoms. The summed E-state index contributed by atoms with van der Waals surface area (Å²) in [5, 5.41) is 0. The first-order chi connectivity index (χ1) is 6.68. The first-order valence-corrected chi connectivity index (χ1v) is 7.25. The molecule has 0 radical (unpaired) electrons. The van der Waals surface area contributed by atoms with E-state index in [0.29, 0.717) is 19.8 Å². The van der Waals surface area contributed by atoms with Crippen molar-refractivity contribution in [1.82, 2.24) is 0 Å². The molecule has 0 atom stereocenters. The second-order valence-corrected chi connectivity index (χ2v) is 5.81. The van der Waals surface area contributed by atoms with Crippen LogP contribution in [0.4, 0.5) is 0 Å². The van der Waals surface area contributed by atoms with E-state index in [4.69, 9.17) is 14.2 Å². The molecule has 14 heavy (non-hydrogen) atoms. The molecule has 0 aliphatic rings. The normalized spacial score (nSPS) is 11.9. The lowest BCUT2D eigenvalue weighted by Gasteiger charge is -2.17. The van der Waals surface area contributed by atoms with Gasteiger partial charge in [-0.05, 0) is 20.8 Å². The van der Waals surface area contributed by atoms with Gasteiger partial charge < -0.3 is 18.8 Å². The molecule has 0 bridgehead atoms. The summed E-state index contributed by atoms with van der Waals surface area (Å²) in [6.45, 7) is 7.36. The van der Waals surface area contributed by atoms with Crippen LogP contribution in [-0.4, -0.2) is 38.9 Å². The van der Waals surface area contributed by atoms with Gasteiger partial charge in [0.15, 0.2) is 7.14 Å². The van der Waals surface area contributed by atoms with Crippen molar-refractivity contribution in [2.45, 2.75) is 20.8 Å². The van der Waals surface area contributed by atoms with Gasteiger partial charge in [-0.25, -0.2) is 0 Å². The summed E-state index contributed by atoms with van der Waals surface area (Å²) in [7, 11) is -2.44. The zero-order valence-corrected chi connectivity index (χ0v) is 10.2. The second kappa shape index (κ2) is 8.42. The quantitative estimate of drug-likeness (QED) is 0.564. The van der Waals surface area contributed by atoms with Crippen LogP contribution in [0.5, 0.6) is 0 Å². The minimum atomic E-state index is -2.44. The summed E-state index contributed by atoms with van der Waals surface area (Å²) in [5.74, 6) is 0. The summed E-state index contributed by atoms with van der Waals surface area (Å²) in [6.07, 6.45) is 0.760. The third kappa shape index (κ3) is 6.55.